The van der Waals surface area contributed by atoms with Gasteiger partial charge in [-0.25, -0.2) is 4.79 Å². The zero-order chi connectivity index (χ0) is 20.5. The van der Waals surface area contributed by atoms with E-state index in [1.165, 1.54) is 25.3 Å². The fourth-order valence-electron chi connectivity index (χ4n) is 2.42. The van der Waals surface area contributed by atoms with Crippen LogP contribution < -0.4 is 20.1 Å². The maximum atomic E-state index is 12.7. The van der Waals surface area contributed by atoms with E-state index in [0.29, 0.717) is 29.0 Å². The molecular weight excluding hydrogens is 374 g/mol. The van der Waals surface area contributed by atoms with Gasteiger partial charge in [0, 0.05) is 24.2 Å². The molecule has 0 bridgehead atoms. The third kappa shape index (κ3) is 6.42. The molecule has 0 spiro atoms. The molecule has 0 atom stereocenters. The van der Waals surface area contributed by atoms with Crippen molar-refractivity contribution in [2.24, 2.45) is 0 Å². The van der Waals surface area contributed by atoms with Gasteiger partial charge in [0.25, 0.3) is 0 Å². The van der Waals surface area contributed by atoms with Gasteiger partial charge in [0.2, 0.25) is 0 Å². The van der Waals surface area contributed by atoms with Crippen LogP contribution in [-0.4, -0.2) is 37.4 Å². The van der Waals surface area contributed by atoms with Gasteiger partial charge < -0.3 is 25.2 Å². The van der Waals surface area contributed by atoms with Crippen molar-refractivity contribution in [2.75, 3.05) is 19.0 Å². The van der Waals surface area contributed by atoms with Crippen LogP contribution in [0.1, 0.15) is 12.8 Å². The van der Waals surface area contributed by atoms with Crippen LogP contribution in [0.4, 0.5) is 19.3 Å². The Kier molecular flexibility index (Phi) is 7.55. The summed E-state index contributed by atoms with van der Waals surface area (Å²) < 4.78 is 35.1. The summed E-state index contributed by atoms with van der Waals surface area (Å²) in [6.07, 6.45) is 0.239. The molecule has 2 rings (SSSR count). The maximum Gasteiger partial charge on any atom is 0.387 e. The Labute approximate surface area is 160 Å². The topological polar surface area (TPSA) is 96.9 Å². The molecule has 0 heterocycles. The zero-order valence-electron chi connectivity index (χ0n) is 15.1. The first-order valence-electron chi connectivity index (χ1n) is 8.39. The number of hydrogen-bond donors (Lipinski definition) is 3. The summed E-state index contributed by atoms with van der Waals surface area (Å²) in [6, 6.07) is 10.5. The molecule has 0 saturated heterocycles. The smallest absolute Gasteiger partial charge is 0.387 e. The van der Waals surface area contributed by atoms with Crippen LogP contribution in [0.5, 0.6) is 11.5 Å². The summed E-state index contributed by atoms with van der Waals surface area (Å²) in [5, 5.41) is 13.7. The number of ether oxygens (including phenoxy) is 2. The molecule has 0 aliphatic heterocycles. The number of urea groups is 1. The minimum absolute atomic E-state index is 0.0346. The number of anilines is 1. The summed E-state index contributed by atoms with van der Waals surface area (Å²) in [6.45, 7) is -2.80. The number of carboxylic acids is 1. The average Bonchev–Trinajstić information content (AvgIpc) is 2.66. The highest BCUT2D eigenvalue weighted by Crippen LogP contribution is 2.34. The van der Waals surface area contributed by atoms with Crippen molar-refractivity contribution < 1.29 is 33.0 Å². The molecule has 7 nitrogen and oxygen atoms in total. The summed E-state index contributed by atoms with van der Waals surface area (Å²) in [5.74, 6) is -0.372. The van der Waals surface area contributed by atoms with Crippen LogP contribution in [0.25, 0.3) is 11.1 Å². The van der Waals surface area contributed by atoms with E-state index in [4.69, 9.17) is 9.84 Å². The Morgan fingerprint density at radius 1 is 1.14 bits per heavy atom. The second-order valence-electron chi connectivity index (χ2n) is 5.70. The van der Waals surface area contributed by atoms with Crippen molar-refractivity contribution in [3.63, 3.8) is 0 Å². The van der Waals surface area contributed by atoms with Gasteiger partial charge in [0.15, 0.2) is 0 Å². The Bertz CT molecular complexity index is 812. The monoisotopic (exact) mass is 394 g/mol. The Morgan fingerprint density at radius 2 is 1.86 bits per heavy atom. The molecule has 0 aliphatic carbocycles. The second kappa shape index (κ2) is 10.1. The first-order chi connectivity index (χ1) is 13.4. The summed E-state index contributed by atoms with van der Waals surface area (Å²) in [4.78, 5) is 22.4. The van der Waals surface area contributed by atoms with Gasteiger partial charge in [-0.15, -0.1) is 0 Å². The molecule has 2 aromatic rings. The first-order valence-corrected chi connectivity index (χ1v) is 8.39. The highest BCUT2D eigenvalue weighted by molar-refractivity contribution is 5.90. The molecule has 2 aromatic carbocycles. The fraction of sp³-hybridized carbons (Fsp3) is 0.263. The van der Waals surface area contributed by atoms with E-state index in [1.54, 1.807) is 24.3 Å². The summed E-state index contributed by atoms with van der Waals surface area (Å²) in [7, 11) is 1.51. The maximum absolute atomic E-state index is 12.7. The minimum Gasteiger partial charge on any atom is -0.497 e. The lowest BCUT2D eigenvalue weighted by Crippen LogP contribution is -2.29. The van der Waals surface area contributed by atoms with Crippen LogP contribution in [0, 0.1) is 0 Å². The van der Waals surface area contributed by atoms with Crippen LogP contribution in [-0.2, 0) is 4.79 Å². The van der Waals surface area contributed by atoms with Crippen molar-refractivity contribution in [2.45, 2.75) is 19.5 Å². The number of carbonyl (C=O) groups is 2. The largest absolute Gasteiger partial charge is 0.497 e. The molecular formula is C19H20F2N2O5. The Hall–Kier alpha value is -3.36. The molecule has 3 N–H and O–H groups in total. The van der Waals surface area contributed by atoms with Crippen LogP contribution in [0.2, 0.25) is 0 Å². The number of aliphatic carboxylic acids is 1. The number of nitrogens with one attached hydrogen (secondary N) is 2. The predicted octanol–water partition coefficient (Wildman–Crippen LogP) is 3.95. The van der Waals surface area contributed by atoms with Gasteiger partial charge in [-0.3, -0.25) is 4.79 Å². The van der Waals surface area contributed by atoms with E-state index >= 15 is 0 Å². The lowest BCUT2D eigenvalue weighted by atomic mass is 10.0. The number of alkyl halides is 2. The van der Waals surface area contributed by atoms with E-state index in [2.05, 4.69) is 15.4 Å². The number of halogens is 2. The number of rotatable bonds is 9. The molecule has 9 heteroatoms. The normalized spacial score (nSPS) is 10.4. The van der Waals surface area contributed by atoms with Crippen molar-refractivity contribution in [3.8, 4) is 22.6 Å². The highest BCUT2D eigenvalue weighted by atomic mass is 19.3. The van der Waals surface area contributed by atoms with E-state index in [0.717, 1.165) is 0 Å². The lowest BCUT2D eigenvalue weighted by Gasteiger charge is -2.14. The predicted molar refractivity (Wildman–Crippen MR) is 99.0 cm³/mol. The molecule has 0 aromatic heterocycles. The Morgan fingerprint density at radius 3 is 2.46 bits per heavy atom. The van der Waals surface area contributed by atoms with Crippen LogP contribution in [0.15, 0.2) is 42.5 Å². The SMILES string of the molecule is COc1ccc(-c2cc(NC(=O)NCCCC(=O)O)ccc2OC(F)F)cc1. The number of carbonyl (C=O) groups excluding carboxylic acids is 1. The molecule has 0 unspecified atom stereocenters. The van der Waals surface area contributed by atoms with Gasteiger partial charge in [-0.2, -0.15) is 8.78 Å². The molecule has 0 radical (unpaired) electrons. The first kappa shape index (κ1) is 20.9. The van der Waals surface area contributed by atoms with Gasteiger partial charge >= 0.3 is 18.6 Å². The number of methoxy groups -OCH3 is 1. The molecule has 150 valence electrons. The Balaban J connectivity index is 2.15. The van der Waals surface area contributed by atoms with E-state index in [1.807, 2.05) is 0 Å². The van der Waals surface area contributed by atoms with Gasteiger partial charge in [0.1, 0.15) is 11.5 Å². The van der Waals surface area contributed by atoms with Crippen molar-refractivity contribution in [1.82, 2.24) is 5.32 Å². The van der Waals surface area contributed by atoms with Gasteiger partial charge in [-0.1, -0.05) is 12.1 Å². The quantitative estimate of drug-likeness (QED) is 0.560. The summed E-state index contributed by atoms with van der Waals surface area (Å²) in [5.41, 5.74) is 1.33. The van der Waals surface area contributed by atoms with Crippen molar-refractivity contribution >= 4 is 17.7 Å². The number of benzene rings is 2. The fourth-order valence-corrected chi connectivity index (χ4v) is 2.42. The average molecular weight is 394 g/mol. The van der Waals surface area contributed by atoms with Gasteiger partial charge in [0.05, 0.1) is 7.11 Å². The number of amides is 2. The van der Waals surface area contributed by atoms with E-state index in [9.17, 15) is 18.4 Å². The molecule has 0 saturated carbocycles. The standard InChI is InChI=1S/C19H20F2N2O5/c1-27-14-7-4-12(5-8-14)15-11-13(6-9-16(15)28-18(20)21)23-19(26)22-10-2-3-17(24)25/h4-9,11,18H,2-3,10H2,1H3,(H,24,25)(H2,22,23,26). The van der Waals surface area contributed by atoms with Crippen molar-refractivity contribution in [3.05, 3.63) is 42.5 Å². The summed E-state index contributed by atoms with van der Waals surface area (Å²) >= 11 is 0. The van der Waals surface area contributed by atoms with Crippen LogP contribution >= 0.6 is 0 Å². The molecule has 0 aliphatic rings. The minimum atomic E-state index is -2.99. The second-order valence-corrected chi connectivity index (χ2v) is 5.70. The third-order valence-electron chi connectivity index (χ3n) is 3.71. The molecule has 28 heavy (non-hydrogen) atoms. The number of carboxylic acid groups (broad SMARTS) is 1. The molecule has 2 amide bonds. The van der Waals surface area contributed by atoms with Crippen LogP contribution in [0.3, 0.4) is 0 Å². The lowest BCUT2D eigenvalue weighted by molar-refractivity contribution is -0.137. The number of hydrogen-bond acceptors (Lipinski definition) is 4. The van der Waals surface area contributed by atoms with Gasteiger partial charge in [-0.05, 0) is 42.3 Å². The van der Waals surface area contributed by atoms with E-state index in [-0.39, 0.29) is 18.7 Å². The van der Waals surface area contributed by atoms with E-state index < -0.39 is 18.6 Å². The molecule has 0 fully saturated rings. The van der Waals surface area contributed by atoms with Crippen molar-refractivity contribution in [1.29, 1.82) is 0 Å². The third-order valence-corrected chi connectivity index (χ3v) is 3.71. The zero-order valence-corrected chi connectivity index (χ0v) is 15.1. The highest BCUT2D eigenvalue weighted by Gasteiger charge is 2.13.